The van der Waals surface area contributed by atoms with Crippen molar-refractivity contribution in [1.29, 1.82) is 0 Å². The summed E-state index contributed by atoms with van der Waals surface area (Å²) in [6.07, 6.45) is 1.45. The Morgan fingerprint density at radius 2 is 1.71 bits per heavy atom. The van der Waals surface area contributed by atoms with Gasteiger partial charge in [-0.3, -0.25) is 4.90 Å². The molecule has 2 fully saturated rings. The summed E-state index contributed by atoms with van der Waals surface area (Å²) in [7, 11) is 0. The number of nitrogens with zero attached hydrogens (tertiary/aromatic N) is 3. The van der Waals surface area contributed by atoms with Gasteiger partial charge < -0.3 is 14.9 Å². The summed E-state index contributed by atoms with van der Waals surface area (Å²) in [4.78, 5) is 29.8. The molecule has 0 spiro atoms. The van der Waals surface area contributed by atoms with Crippen LogP contribution in [0.4, 0.5) is 4.79 Å². The molecule has 0 aliphatic carbocycles. The topological polar surface area (TPSA) is 64.1 Å². The number of hydrogen-bond donors (Lipinski definition) is 1. The number of likely N-dealkylation sites (tertiary alicyclic amines) is 1. The molecule has 2 amide bonds. The number of aliphatic carboxylic acids is 1. The molecule has 2 saturated heterocycles. The predicted molar refractivity (Wildman–Crippen MR) is 80.2 cm³/mol. The monoisotopic (exact) mass is 297 g/mol. The third kappa shape index (κ3) is 3.67. The van der Waals surface area contributed by atoms with Crippen molar-refractivity contribution in [1.82, 2.24) is 14.7 Å². The first-order valence-electron chi connectivity index (χ1n) is 7.92. The zero-order chi connectivity index (χ0) is 15.6. The average molecular weight is 297 g/mol. The van der Waals surface area contributed by atoms with Crippen molar-refractivity contribution in [3.05, 3.63) is 0 Å². The smallest absolute Gasteiger partial charge is 0.326 e. The fraction of sp³-hybridized carbons (Fsp3) is 0.867. The largest absolute Gasteiger partial charge is 0.480 e. The number of carboxylic acid groups (broad SMARTS) is 1. The van der Waals surface area contributed by atoms with Gasteiger partial charge in [0.05, 0.1) is 0 Å². The second-order valence-corrected chi connectivity index (χ2v) is 6.58. The van der Waals surface area contributed by atoms with E-state index in [1.54, 1.807) is 4.90 Å². The Morgan fingerprint density at radius 3 is 2.24 bits per heavy atom. The van der Waals surface area contributed by atoms with Crippen LogP contribution in [-0.2, 0) is 4.79 Å². The fourth-order valence-electron chi connectivity index (χ4n) is 3.22. The highest BCUT2D eigenvalue weighted by Gasteiger charge is 2.37. The maximum Gasteiger partial charge on any atom is 0.326 e. The molecular weight excluding hydrogens is 270 g/mol. The van der Waals surface area contributed by atoms with Gasteiger partial charge in [0.15, 0.2) is 0 Å². The molecule has 6 heteroatoms. The van der Waals surface area contributed by atoms with Gasteiger partial charge in [-0.05, 0) is 32.6 Å². The molecule has 1 N–H and O–H groups in total. The molecule has 0 aromatic rings. The van der Waals surface area contributed by atoms with Crippen molar-refractivity contribution in [2.24, 2.45) is 5.92 Å². The molecule has 0 aromatic heterocycles. The summed E-state index contributed by atoms with van der Waals surface area (Å²) in [5.74, 6) is -0.511. The van der Waals surface area contributed by atoms with Crippen molar-refractivity contribution >= 4 is 12.0 Å². The van der Waals surface area contributed by atoms with E-state index in [1.165, 1.54) is 0 Å². The van der Waals surface area contributed by atoms with E-state index in [0.29, 0.717) is 38.0 Å². The van der Waals surface area contributed by atoms with Crippen LogP contribution in [0.25, 0.3) is 0 Å². The lowest BCUT2D eigenvalue weighted by atomic mass is 9.92. The highest BCUT2D eigenvalue weighted by atomic mass is 16.4. The van der Waals surface area contributed by atoms with Crippen LogP contribution in [0.1, 0.15) is 33.6 Å². The maximum absolute atomic E-state index is 12.6. The van der Waals surface area contributed by atoms with E-state index in [2.05, 4.69) is 25.7 Å². The third-order valence-electron chi connectivity index (χ3n) is 4.71. The molecule has 2 atom stereocenters. The Hall–Kier alpha value is -1.30. The molecule has 0 radical (unpaired) electrons. The number of urea groups is 1. The second kappa shape index (κ2) is 6.64. The molecule has 2 aliphatic heterocycles. The molecule has 0 aromatic carbocycles. The van der Waals surface area contributed by atoms with Crippen molar-refractivity contribution in [3.8, 4) is 0 Å². The van der Waals surface area contributed by atoms with Gasteiger partial charge in [-0.15, -0.1) is 0 Å². The number of carbonyl (C=O) groups is 2. The predicted octanol–water partition coefficient (Wildman–Crippen LogP) is 1.32. The van der Waals surface area contributed by atoms with Crippen LogP contribution in [-0.4, -0.2) is 76.6 Å². The first-order valence-corrected chi connectivity index (χ1v) is 7.92. The molecule has 2 rings (SSSR count). The molecule has 6 nitrogen and oxygen atoms in total. The lowest BCUT2D eigenvalue weighted by molar-refractivity contribution is -0.144. The Morgan fingerprint density at radius 1 is 1.10 bits per heavy atom. The number of amides is 2. The molecule has 0 saturated carbocycles. The van der Waals surface area contributed by atoms with Crippen LogP contribution in [0.2, 0.25) is 0 Å². The molecule has 2 heterocycles. The Kier molecular flexibility index (Phi) is 5.08. The standard InChI is InChI=1S/C15H27N3O3/c1-11(2)16-6-8-17(9-7-16)15(21)18-5-4-12(3)10-13(18)14(19)20/h11-13H,4-10H2,1-3H3,(H,19,20). The molecule has 21 heavy (non-hydrogen) atoms. The summed E-state index contributed by atoms with van der Waals surface area (Å²) in [5.41, 5.74) is 0. The van der Waals surface area contributed by atoms with Crippen molar-refractivity contribution in [2.45, 2.75) is 45.7 Å². The molecule has 120 valence electrons. The van der Waals surface area contributed by atoms with E-state index in [4.69, 9.17) is 0 Å². The van der Waals surface area contributed by atoms with Crippen molar-refractivity contribution in [2.75, 3.05) is 32.7 Å². The first-order chi connectivity index (χ1) is 9.90. The number of hydrogen-bond acceptors (Lipinski definition) is 3. The van der Waals surface area contributed by atoms with Gasteiger partial charge >= 0.3 is 12.0 Å². The molecule has 2 unspecified atom stereocenters. The second-order valence-electron chi connectivity index (χ2n) is 6.58. The van der Waals surface area contributed by atoms with Crippen LogP contribution in [0.15, 0.2) is 0 Å². The molecular formula is C15H27N3O3. The summed E-state index contributed by atoms with van der Waals surface area (Å²) in [5, 5.41) is 9.37. The van der Waals surface area contributed by atoms with Crippen LogP contribution < -0.4 is 0 Å². The van der Waals surface area contributed by atoms with Gasteiger partial charge in [0.1, 0.15) is 6.04 Å². The highest BCUT2D eigenvalue weighted by Crippen LogP contribution is 2.24. The minimum absolute atomic E-state index is 0.0993. The van der Waals surface area contributed by atoms with E-state index in [-0.39, 0.29) is 6.03 Å². The summed E-state index contributed by atoms with van der Waals surface area (Å²) < 4.78 is 0. The zero-order valence-corrected chi connectivity index (χ0v) is 13.3. The summed E-state index contributed by atoms with van der Waals surface area (Å²) in [6.45, 7) is 10.0. The van der Waals surface area contributed by atoms with Crippen molar-refractivity contribution in [3.63, 3.8) is 0 Å². The number of piperidine rings is 1. The minimum atomic E-state index is -0.879. The quantitative estimate of drug-likeness (QED) is 0.835. The van der Waals surface area contributed by atoms with E-state index in [9.17, 15) is 14.7 Å². The Balaban J connectivity index is 1.97. The van der Waals surface area contributed by atoms with Gasteiger partial charge in [-0.25, -0.2) is 9.59 Å². The fourth-order valence-corrected chi connectivity index (χ4v) is 3.22. The summed E-state index contributed by atoms with van der Waals surface area (Å²) in [6, 6.07) is -0.271. The van der Waals surface area contributed by atoms with Crippen LogP contribution in [0, 0.1) is 5.92 Å². The zero-order valence-electron chi connectivity index (χ0n) is 13.3. The molecule has 0 bridgehead atoms. The van der Waals surface area contributed by atoms with Crippen LogP contribution >= 0.6 is 0 Å². The normalized spacial score (nSPS) is 28.0. The number of carbonyl (C=O) groups excluding carboxylic acids is 1. The molecule has 2 aliphatic rings. The van der Waals surface area contributed by atoms with Crippen LogP contribution in [0.3, 0.4) is 0 Å². The van der Waals surface area contributed by atoms with Gasteiger partial charge in [0.2, 0.25) is 0 Å². The Bertz CT molecular complexity index is 392. The number of carboxylic acids is 1. The number of rotatable bonds is 2. The highest BCUT2D eigenvalue weighted by molar-refractivity contribution is 5.83. The number of piperazine rings is 1. The lowest BCUT2D eigenvalue weighted by Crippen LogP contribution is -2.58. The maximum atomic E-state index is 12.6. The van der Waals surface area contributed by atoms with E-state index >= 15 is 0 Å². The Labute approximate surface area is 126 Å². The van der Waals surface area contributed by atoms with E-state index in [1.807, 2.05) is 4.90 Å². The van der Waals surface area contributed by atoms with Crippen LogP contribution in [0.5, 0.6) is 0 Å². The minimum Gasteiger partial charge on any atom is -0.480 e. The first kappa shape index (κ1) is 16.1. The van der Waals surface area contributed by atoms with E-state index < -0.39 is 12.0 Å². The lowest BCUT2D eigenvalue weighted by Gasteiger charge is -2.42. The van der Waals surface area contributed by atoms with Crippen molar-refractivity contribution < 1.29 is 14.7 Å². The van der Waals surface area contributed by atoms with Gasteiger partial charge in [-0.1, -0.05) is 6.92 Å². The average Bonchev–Trinajstić information content (AvgIpc) is 2.46. The van der Waals surface area contributed by atoms with Gasteiger partial charge in [-0.2, -0.15) is 0 Å². The SMILES string of the molecule is CC1CCN(C(=O)N2CCN(C(C)C)CC2)C(C(=O)O)C1. The van der Waals surface area contributed by atoms with Gasteiger partial charge in [0, 0.05) is 38.8 Å². The van der Waals surface area contributed by atoms with Gasteiger partial charge in [0.25, 0.3) is 0 Å². The van der Waals surface area contributed by atoms with E-state index in [0.717, 1.165) is 19.5 Å². The summed E-state index contributed by atoms with van der Waals surface area (Å²) >= 11 is 0. The third-order valence-corrected chi connectivity index (χ3v) is 4.71.